The van der Waals surface area contributed by atoms with E-state index < -0.39 is 0 Å². The van der Waals surface area contributed by atoms with E-state index in [1.807, 2.05) is 12.1 Å². The van der Waals surface area contributed by atoms with Crippen LogP contribution in [-0.4, -0.2) is 39.7 Å². The summed E-state index contributed by atoms with van der Waals surface area (Å²) in [4.78, 5) is 26.3. The van der Waals surface area contributed by atoms with Gasteiger partial charge in [-0.25, -0.2) is 0 Å². The van der Waals surface area contributed by atoms with Crippen molar-refractivity contribution in [2.75, 3.05) is 32.8 Å². The van der Waals surface area contributed by atoms with Crippen LogP contribution in [0.4, 0.5) is 5.69 Å². The molecule has 0 saturated carbocycles. The molecule has 1 aliphatic rings. The normalized spacial score (nSPS) is 13.4. The van der Waals surface area contributed by atoms with Crippen LogP contribution >= 0.6 is 0 Å². The summed E-state index contributed by atoms with van der Waals surface area (Å²) in [7, 11) is 4.63. The second-order valence-electron chi connectivity index (χ2n) is 6.38. The molecule has 1 fully saturated rings. The van der Waals surface area contributed by atoms with Gasteiger partial charge in [0.1, 0.15) is 0 Å². The fourth-order valence-electron chi connectivity index (χ4n) is 3.32. The topological polar surface area (TPSA) is 77.1 Å². The molecule has 0 unspecified atom stereocenters. The molecule has 0 aromatic heterocycles. The summed E-state index contributed by atoms with van der Waals surface area (Å²) < 4.78 is 16.1. The molecular weight excluding hydrogens is 360 g/mol. The van der Waals surface area contributed by atoms with Gasteiger partial charge >= 0.3 is 0 Å². The van der Waals surface area contributed by atoms with Crippen LogP contribution in [-0.2, 0) is 11.3 Å². The van der Waals surface area contributed by atoms with Gasteiger partial charge in [0.25, 0.3) is 5.91 Å². The van der Waals surface area contributed by atoms with Crippen molar-refractivity contribution in [2.24, 2.45) is 0 Å². The van der Waals surface area contributed by atoms with Crippen LogP contribution in [0.1, 0.15) is 28.8 Å². The highest BCUT2D eigenvalue weighted by molar-refractivity contribution is 5.99. The summed E-state index contributed by atoms with van der Waals surface area (Å²) in [6.07, 6.45) is 1.39. The number of hydrogen-bond acceptors (Lipinski definition) is 5. The second-order valence-corrected chi connectivity index (χ2v) is 6.38. The minimum atomic E-state index is -0.231. The molecule has 0 atom stereocenters. The third kappa shape index (κ3) is 3.88. The number of carbonyl (C=O) groups excluding carboxylic acids is 2. The first-order valence-electron chi connectivity index (χ1n) is 9.05. The van der Waals surface area contributed by atoms with Gasteiger partial charge in [0.05, 0.1) is 21.3 Å². The fourth-order valence-corrected chi connectivity index (χ4v) is 3.32. The number of rotatable bonds is 7. The Morgan fingerprint density at radius 2 is 1.86 bits per heavy atom. The first-order chi connectivity index (χ1) is 13.6. The Kier molecular flexibility index (Phi) is 6.03. The van der Waals surface area contributed by atoms with Crippen molar-refractivity contribution in [3.63, 3.8) is 0 Å². The smallest absolute Gasteiger partial charge is 0.251 e. The fraction of sp³-hybridized carbons (Fsp3) is 0.333. The molecule has 1 heterocycles. The highest BCUT2D eigenvalue weighted by Gasteiger charge is 2.22. The number of nitrogens with zero attached hydrogens (tertiary/aromatic N) is 1. The monoisotopic (exact) mass is 384 g/mol. The van der Waals surface area contributed by atoms with Gasteiger partial charge in [0.15, 0.2) is 11.5 Å². The lowest BCUT2D eigenvalue weighted by Gasteiger charge is -2.17. The molecule has 1 saturated heterocycles. The first kappa shape index (κ1) is 19.5. The molecular formula is C21H24N2O5. The van der Waals surface area contributed by atoms with E-state index in [2.05, 4.69) is 5.32 Å². The molecule has 2 amide bonds. The standard InChI is InChI=1S/C21H24N2O5/c1-26-17-10-9-15(19(27-2)20(17)28-3)13-22-21(25)14-6-4-7-16(12-14)23-11-5-8-18(23)24/h4,6-7,9-10,12H,5,8,11,13H2,1-3H3,(H,22,25). The lowest BCUT2D eigenvalue weighted by molar-refractivity contribution is -0.117. The van der Waals surface area contributed by atoms with Gasteiger partial charge in [-0.05, 0) is 36.8 Å². The molecule has 148 valence electrons. The van der Waals surface area contributed by atoms with Gasteiger partial charge < -0.3 is 24.4 Å². The van der Waals surface area contributed by atoms with Crippen LogP contribution in [0, 0.1) is 0 Å². The number of carbonyl (C=O) groups is 2. The SMILES string of the molecule is COc1ccc(CNC(=O)c2cccc(N3CCCC3=O)c2)c(OC)c1OC. The van der Waals surface area contributed by atoms with Gasteiger partial charge in [-0.2, -0.15) is 0 Å². The Labute approximate surface area is 164 Å². The second kappa shape index (κ2) is 8.65. The minimum absolute atomic E-state index is 0.0904. The predicted octanol–water partition coefficient (Wildman–Crippen LogP) is 2.77. The molecule has 3 rings (SSSR count). The van der Waals surface area contributed by atoms with Crippen LogP contribution in [0.15, 0.2) is 36.4 Å². The summed E-state index contributed by atoms with van der Waals surface area (Å²) in [5.41, 5.74) is 2.01. The van der Waals surface area contributed by atoms with Gasteiger partial charge in [-0.15, -0.1) is 0 Å². The average molecular weight is 384 g/mol. The van der Waals surface area contributed by atoms with E-state index in [1.165, 1.54) is 7.11 Å². The Balaban J connectivity index is 1.75. The molecule has 7 nitrogen and oxygen atoms in total. The Hall–Kier alpha value is -3.22. The van der Waals surface area contributed by atoms with Gasteiger partial charge in [0.2, 0.25) is 11.7 Å². The van der Waals surface area contributed by atoms with E-state index in [0.29, 0.717) is 35.8 Å². The van der Waals surface area contributed by atoms with Crippen molar-refractivity contribution in [2.45, 2.75) is 19.4 Å². The van der Waals surface area contributed by atoms with Gasteiger partial charge in [0, 0.05) is 36.3 Å². The molecule has 7 heteroatoms. The molecule has 2 aromatic carbocycles. The van der Waals surface area contributed by atoms with E-state index in [9.17, 15) is 9.59 Å². The summed E-state index contributed by atoms with van der Waals surface area (Å²) >= 11 is 0. The van der Waals surface area contributed by atoms with Gasteiger partial charge in [-0.3, -0.25) is 9.59 Å². The van der Waals surface area contributed by atoms with E-state index >= 15 is 0 Å². The average Bonchev–Trinajstić information content (AvgIpc) is 3.16. The van der Waals surface area contributed by atoms with Crippen LogP contribution in [0.5, 0.6) is 17.2 Å². The maximum absolute atomic E-state index is 12.6. The largest absolute Gasteiger partial charge is 0.493 e. The summed E-state index contributed by atoms with van der Waals surface area (Å²) in [5.74, 6) is 1.40. The maximum atomic E-state index is 12.6. The molecule has 28 heavy (non-hydrogen) atoms. The van der Waals surface area contributed by atoms with E-state index in [0.717, 1.165) is 17.7 Å². The zero-order valence-corrected chi connectivity index (χ0v) is 16.3. The highest BCUT2D eigenvalue weighted by Crippen LogP contribution is 2.39. The van der Waals surface area contributed by atoms with Crippen molar-refractivity contribution >= 4 is 17.5 Å². The third-order valence-electron chi connectivity index (χ3n) is 4.72. The predicted molar refractivity (Wildman–Crippen MR) is 105 cm³/mol. The third-order valence-corrected chi connectivity index (χ3v) is 4.72. The van der Waals surface area contributed by atoms with Crippen LogP contribution < -0.4 is 24.4 Å². The number of ether oxygens (including phenoxy) is 3. The minimum Gasteiger partial charge on any atom is -0.493 e. The zero-order chi connectivity index (χ0) is 20.1. The highest BCUT2D eigenvalue weighted by atomic mass is 16.5. The zero-order valence-electron chi connectivity index (χ0n) is 16.3. The molecule has 1 aliphatic heterocycles. The Morgan fingerprint density at radius 1 is 1.07 bits per heavy atom. The molecule has 1 N–H and O–H groups in total. The summed E-state index contributed by atoms with van der Waals surface area (Å²) in [6.45, 7) is 0.946. The summed E-state index contributed by atoms with van der Waals surface area (Å²) in [5, 5.41) is 2.89. The van der Waals surface area contributed by atoms with E-state index in [4.69, 9.17) is 14.2 Å². The number of hydrogen-bond donors (Lipinski definition) is 1. The van der Waals surface area contributed by atoms with Gasteiger partial charge in [-0.1, -0.05) is 6.07 Å². The summed E-state index contributed by atoms with van der Waals surface area (Å²) in [6, 6.07) is 10.7. The number of amides is 2. The molecule has 0 bridgehead atoms. The van der Waals surface area contributed by atoms with E-state index in [-0.39, 0.29) is 18.4 Å². The molecule has 0 aliphatic carbocycles. The Morgan fingerprint density at radius 3 is 2.50 bits per heavy atom. The quantitative estimate of drug-likeness (QED) is 0.794. The van der Waals surface area contributed by atoms with E-state index in [1.54, 1.807) is 43.4 Å². The van der Waals surface area contributed by atoms with Crippen LogP contribution in [0.2, 0.25) is 0 Å². The number of nitrogens with one attached hydrogen (secondary N) is 1. The maximum Gasteiger partial charge on any atom is 0.251 e. The first-order valence-corrected chi connectivity index (χ1v) is 9.05. The van der Waals surface area contributed by atoms with Crippen LogP contribution in [0.25, 0.3) is 0 Å². The van der Waals surface area contributed by atoms with Crippen molar-refractivity contribution in [3.8, 4) is 17.2 Å². The number of methoxy groups -OCH3 is 3. The molecule has 0 radical (unpaired) electrons. The molecule has 0 spiro atoms. The van der Waals surface area contributed by atoms with Crippen molar-refractivity contribution < 1.29 is 23.8 Å². The number of benzene rings is 2. The van der Waals surface area contributed by atoms with Crippen molar-refractivity contribution in [1.29, 1.82) is 0 Å². The lowest BCUT2D eigenvalue weighted by Crippen LogP contribution is -2.26. The van der Waals surface area contributed by atoms with Crippen molar-refractivity contribution in [1.82, 2.24) is 5.32 Å². The van der Waals surface area contributed by atoms with Crippen molar-refractivity contribution in [3.05, 3.63) is 47.5 Å². The lowest BCUT2D eigenvalue weighted by atomic mass is 10.1. The molecule has 2 aromatic rings. The Bertz CT molecular complexity index is 881. The van der Waals surface area contributed by atoms with Crippen LogP contribution in [0.3, 0.4) is 0 Å². The number of anilines is 1.